The highest BCUT2D eigenvalue weighted by molar-refractivity contribution is 7.90. The van der Waals surface area contributed by atoms with Crippen molar-refractivity contribution in [1.29, 1.82) is 5.26 Å². The molecule has 1 heterocycles. The van der Waals surface area contributed by atoms with E-state index in [2.05, 4.69) is 15.0 Å². The Balaban J connectivity index is 1.86. The summed E-state index contributed by atoms with van der Waals surface area (Å²) in [5.74, 6) is -1.43. The molecule has 3 aromatic rings. The standard InChI is InChI=1S/C21H20FN5O3S2/c1-12-7-20(31-27-12)26-17-10-18(16(22)9-14(17)11-23)25-19(21(24)28)8-13-3-5-15(6-4-13)32(2,29)30/h3-7,9-10,19,25-26H,8H2,1-2H3,(H2,24,28)/t19-/m1/s1. The Morgan fingerprint density at radius 3 is 2.47 bits per heavy atom. The van der Waals surface area contributed by atoms with Gasteiger partial charge in [-0.2, -0.15) is 9.64 Å². The van der Waals surface area contributed by atoms with Gasteiger partial charge in [0, 0.05) is 12.7 Å². The summed E-state index contributed by atoms with van der Waals surface area (Å²) in [5, 5.41) is 15.9. The summed E-state index contributed by atoms with van der Waals surface area (Å²) >= 11 is 1.20. The van der Waals surface area contributed by atoms with Crippen LogP contribution in [-0.2, 0) is 21.1 Å². The number of halogens is 1. The molecule has 1 amide bonds. The Hall–Kier alpha value is -3.49. The van der Waals surface area contributed by atoms with E-state index in [0.717, 1.165) is 18.0 Å². The molecular formula is C21H20FN5O3S2. The van der Waals surface area contributed by atoms with Gasteiger partial charge in [-0.1, -0.05) is 12.1 Å². The van der Waals surface area contributed by atoms with Gasteiger partial charge in [-0.15, -0.1) is 0 Å². The van der Waals surface area contributed by atoms with Crippen LogP contribution in [0.15, 0.2) is 47.4 Å². The minimum atomic E-state index is -3.35. The van der Waals surface area contributed by atoms with E-state index in [-0.39, 0.29) is 22.6 Å². The van der Waals surface area contributed by atoms with Gasteiger partial charge in [0.2, 0.25) is 5.91 Å². The number of nitrogens with two attached hydrogens (primary N) is 1. The highest BCUT2D eigenvalue weighted by Gasteiger charge is 2.20. The van der Waals surface area contributed by atoms with Crippen LogP contribution in [0.5, 0.6) is 0 Å². The molecule has 0 fully saturated rings. The molecule has 0 aliphatic carbocycles. The number of rotatable bonds is 8. The second kappa shape index (κ2) is 9.33. The zero-order valence-electron chi connectivity index (χ0n) is 17.2. The quantitative estimate of drug-likeness (QED) is 0.457. The third kappa shape index (κ3) is 5.60. The van der Waals surface area contributed by atoms with Crippen LogP contribution in [0.25, 0.3) is 0 Å². The monoisotopic (exact) mass is 473 g/mol. The number of sulfone groups is 1. The van der Waals surface area contributed by atoms with Crippen LogP contribution in [0.2, 0.25) is 0 Å². The maximum absolute atomic E-state index is 14.6. The van der Waals surface area contributed by atoms with E-state index in [9.17, 15) is 22.9 Å². The third-order valence-corrected chi connectivity index (χ3v) is 6.50. The Morgan fingerprint density at radius 2 is 1.94 bits per heavy atom. The second-order valence-corrected chi connectivity index (χ2v) is 9.99. The molecule has 2 aromatic carbocycles. The first-order chi connectivity index (χ1) is 15.1. The van der Waals surface area contributed by atoms with E-state index in [1.54, 1.807) is 18.2 Å². The summed E-state index contributed by atoms with van der Waals surface area (Å²) in [6.07, 6.45) is 1.21. The van der Waals surface area contributed by atoms with Crippen molar-refractivity contribution in [2.24, 2.45) is 5.73 Å². The van der Waals surface area contributed by atoms with E-state index in [1.165, 1.54) is 29.7 Å². The number of carbonyl (C=O) groups is 1. The Labute approximate surface area is 189 Å². The number of nitrogens with one attached hydrogen (secondary N) is 2. The number of carbonyl (C=O) groups excluding carboxylic acids is 1. The number of anilines is 3. The predicted molar refractivity (Wildman–Crippen MR) is 121 cm³/mol. The van der Waals surface area contributed by atoms with Crippen molar-refractivity contribution in [3.63, 3.8) is 0 Å². The molecule has 0 saturated heterocycles. The zero-order chi connectivity index (χ0) is 23.5. The molecule has 0 aliphatic heterocycles. The number of aryl methyl sites for hydroxylation is 1. The Kier molecular flexibility index (Phi) is 6.76. The van der Waals surface area contributed by atoms with Gasteiger partial charge in [-0.05, 0) is 54.4 Å². The van der Waals surface area contributed by atoms with Crippen LogP contribution >= 0.6 is 11.5 Å². The van der Waals surface area contributed by atoms with Crippen molar-refractivity contribution in [1.82, 2.24) is 4.37 Å². The molecule has 0 bridgehead atoms. The number of nitrogens with zero attached hydrogens (tertiary/aromatic N) is 2. The van der Waals surface area contributed by atoms with Crippen molar-refractivity contribution in [2.75, 3.05) is 16.9 Å². The molecule has 0 aliphatic rings. The van der Waals surface area contributed by atoms with E-state index in [1.807, 2.05) is 13.0 Å². The average Bonchev–Trinajstić information content (AvgIpc) is 3.13. The third-order valence-electron chi connectivity index (χ3n) is 4.58. The van der Waals surface area contributed by atoms with Crippen LogP contribution in [0.1, 0.15) is 16.8 Å². The first-order valence-corrected chi connectivity index (χ1v) is 12.0. The van der Waals surface area contributed by atoms with Gasteiger partial charge in [-0.25, -0.2) is 12.8 Å². The maximum Gasteiger partial charge on any atom is 0.240 e. The highest BCUT2D eigenvalue weighted by Crippen LogP contribution is 2.29. The lowest BCUT2D eigenvalue weighted by Crippen LogP contribution is -2.37. The number of primary amides is 1. The molecule has 1 aromatic heterocycles. The van der Waals surface area contributed by atoms with Crippen molar-refractivity contribution < 1.29 is 17.6 Å². The maximum atomic E-state index is 14.6. The van der Waals surface area contributed by atoms with Gasteiger partial charge in [0.05, 0.1) is 27.5 Å². The fraction of sp³-hybridized carbons (Fsp3) is 0.190. The van der Waals surface area contributed by atoms with Crippen LogP contribution < -0.4 is 16.4 Å². The molecule has 0 saturated carbocycles. The molecule has 11 heteroatoms. The molecule has 8 nitrogen and oxygen atoms in total. The fourth-order valence-corrected chi connectivity index (χ4v) is 4.26. The first kappa shape index (κ1) is 23.2. The van der Waals surface area contributed by atoms with E-state index in [0.29, 0.717) is 16.3 Å². The Bertz CT molecular complexity index is 1300. The minimum absolute atomic E-state index is 0.00991. The van der Waals surface area contributed by atoms with Crippen LogP contribution in [-0.4, -0.2) is 31.0 Å². The van der Waals surface area contributed by atoms with Gasteiger partial charge in [-0.3, -0.25) is 4.79 Å². The van der Waals surface area contributed by atoms with Gasteiger partial charge in [0.25, 0.3) is 0 Å². The van der Waals surface area contributed by atoms with Gasteiger partial charge in [0.15, 0.2) is 9.84 Å². The van der Waals surface area contributed by atoms with Gasteiger partial charge >= 0.3 is 0 Å². The number of amides is 1. The molecule has 166 valence electrons. The summed E-state index contributed by atoms with van der Waals surface area (Å²) in [5.41, 5.74) is 7.37. The fourth-order valence-electron chi connectivity index (χ4n) is 2.95. The molecule has 0 spiro atoms. The number of hydrogen-bond donors (Lipinski definition) is 3. The molecule has 3 rings (SSSR count). The average molecular weight is 474 g/mol. The first-order valence-electron chi connectivity index (χ1n) is 9.35. The summed E-state index contributed by atoms with van der Waals surface area (Å²) in [7, 11) is -3.35. The van der Waals surface area contributed by atoms with Crippen molar-refractivity contribution in [2.45, 2.75) is 24.3 Å². The lowest BCUT2D eigenvalue weighted by Gasteiger charge is -2.19. The smallest absolute Gasteiger partial charge is 0.240 e. The number of nitriles is 1. The summed E-state index contributed by atoms with van der Waals surface area (Å²) in [6, 6.07) is 11.2. The lowest BCUT2D eigenvalue weighted by molar-refractivity contribution is -0.118. The number of benzene rings is 2. The zero-order valence-corrected chi connectivity index (χ0v) is 18.8. The molecule has 1 atom stereocenters. The molecule has 0 unspecified atom stereocenters. The summed E-state index contributed by atoms with van der Waals surface area (Å²) < 4.78 is 42.0. The lowest BCUT2D eigenvalue weighted by atomic mass is 10.0. The Morgan fingerprint density at radius 1 is 1.25 bits per heavy atom. The normalized spacial score (nSPS) is 12.1. The van der Waals surface area contributed by atoms with E-state index < -0.39 is 27.6 Å². The molecule has 0 radical (unpaired) electrons. The highest BCUT2D eigenvalue weighted by atomic mass is 32.2. The van der Waals surface area contributed by atoms with E-state index in [4.69, 9.17) is 5.73 Å². The van der Waals surface area contributed by atoms with Crippen LogP contribution in [0, 0.1) is 24.1 Å². The molecular weight excluding hydrogens is 453 g/mol. The topological polar surface area (TPSA) is 138 Å². The van der Waals surface area contributed by atoms with E-state index >= 15 is 0 Å². The molecule has 32 heavy (non-hydrogen) atoms. The summed E-state index contributed by atoms with van der Waals surface area (Å²) in [4.78, 5) is 12.2. The van der Waals surface area contributed by atoms with Crippen molar-refractivity contribution in [3.05, 3.63) is 65.1 Å². The van der Waals surface area contributed by atoms with Gasteiger partial charge in [0.1, 0.15) is 22.9 Å². The summed E-state index contributed by atoms with van der Waals surface area (Å²) in [6.45, 7) is 1.82. The van der Waals surface area contributed by atoms with Crippen molar-refractivity contribution in [3.8, 4) is 6.07 Å². The SMILES string of the molecule is Cc1cc(Nc2cc(N[C@H](Cc3ccc(S(C)(=O)=O)cc3)C(N)=O)c(F)cc2C#N)sn1. The minimum Gasteiger partial charge on any atom is -0.371 e. The molecule has 4 N–H and O–H groups in total. The van der Waals surface area contributed by atoms with Crippen molar-refractivity contribution >= 4 is 43.7 Å². The van der Waals surface area contributed by atoms with Crippen LogP contribution in [0.4, 0.5) is 20.8 Å². The second-order valence-electron chi connectivity index (χ2n) is 7.17. The number of hydrogen-bond acceptors (Lipinski definition) is 8. The number of aromatic nitrogens is 1. The predicted octanol–water partition coefficient (Wildman–Crippen LogP) is 3.12. The van der Waals surface area contributed by atoms with Gasteiger partial charge < -0.3 is 16.4 Å². The van der Waals surface area contributed by atoms with Crippen LogP contribution in [0.3, 0.4) is 0 Å². The largest absolute Gasteiger partial charge is 0.371 e.